The third kappa shape index (κ3) is 3.47. The van der Waals surface area contributed by atoms with Crippen molar-refractivity contribution in [1.29, 1.82) is 0 Å². The molecule has 1 unspecified atom stereocenters. The van der Waals surface area contributed by atoms with Crippen molar-refractivity contribution in [2.24, 2.45) is 11.3 Å². The Morgan fingerprint density at radius 1 is 1.44 bits per heavy atom. The summed E-state index contributed by atoms with van der Waals surface area (Å²) < 4.78 is 0. The normalized spacial score (nSPS) is 24.6. The molecule has 3 heteroatoms. The van der Waals surface area contributed by atoms with Crippen molar-refractivity contribution in [3.63, 3.8) is 0 Å². The Balaban J connectivity index is 2.58. The van der Waals surface area contributed by atoms with Gasteiger partial charge in [0.25, 0.3) is 0 Å². The number of carbonyl (C=O) groups is 1. The van der Waals surface area contributed by atoms with Crippen molar-refractivity contribution in [3.8, 4) is 0 Å². The van der Waals surface area contributed by atoms with Crippen molar-refractivity contribution in [2.45, 2.75) is 65.8 Å². The maximum atomic E-state index is 12.5. The Bertz CT molecular complexity index is 278. The molecule has 3 nitrogen and oxygen atoms in total. The van der Waals surface area contributed by atoms with Gasteiger partial charge >= 0.3 is 0 Å². The molecule has 1 rings (SSSR count). The molecule has 0 bridgehead atoms. The summed E-state index contributed by atoms with van der Waals surface area (Å²) in [4.78, 5) is 12.5. The lowest BCUT2D eigenvalue weighted by atomic mass is 9.81. The van der Waals surface area contributed by atoms with Crippen molar-refractivity contribution < 1.29 is 4.79 Å². The molecular formula is C15H30N2O. The Kier molecular flexibility index (Phi) is 5.20. The second-order valence-corrected chi connectivity index (χ2v) is 6.69. The van der Waals surface area contributed by atoms with E-state index in [1.54, 1.807) is 0 Å². The summed E-state index contributed by atoms with van der Waals surface area (Å²) in [7, 11) is 0. The van der Waals surface area contributed by atoms with Crippen LogP contribution in [0, 0.1) is 11.3 Å². The van der Waals surface area contributed by atoms with E-state index in [-0.39, 0.29) is 16.9 Å². The van der Waals surface area contributed by atoms with Crippen LogP contribution < -0.4 is 10.6 Å². The number of nitrogens with one attached hydrogen (secondary N) is 2. The minimum Gasteiger partial charge on any atom is -0.354 e. The van der Waals surface area contributed by atoms with Gasteiger partial charge in [-0.3, -0.25) is 4.79 Å². The molecule has 1 amide bonds. The van der Waals surface area contributed by atoms with E-state index in [2.05, 4.69) is 45.3 Å². The molecule has 0 aliphatic carbocycles. The Morgan fingerprint density at radius 3 is 2.56 bits per heavy atom. The van der Waals surface area contributed by atoms with Gasteiger partial charge in [0, 0.05) is 6.54 Å². The van der Waals surface area contributed by atoms with Crippen molar-refractivity contribution in [1.82, 2.24) is 10.6 Å². The molecule has 1 aliphatic heterocycles. The fourth-order valence-electron chi connectivity index (χ4n) is 2.44. The molecule has 0 spiro atoms. The Hall–Kier alpha value is -0.570. The molecule has 0 aromatic rings. The van der Waals surface area contributed by atoms with Crippen LogP contribution >= 0.6 is 0 Å². The molecule has 106 valence electrons. The maximum Gasteiger partial charge on any atom is 0.240 e. The predicted octanol–water partition coefficient (Wildman–Crippen LogP) is 2.71. The van der Waals surface area contributed by atoms with Crippen LogP contribution in [0.25, 0.3) is 0 Å². The van der Waals surface area contributed by atoms with Gasteiger partial charge in [-0.1, -0.05) is 41.0 Å². The Morgan fingerprint density at radius 2 is 2.11 bits per heavy atom. The van der Waals surface area contributed by atoms with Crippen LogP contribution in [0.15, 0.2) is 0 Å². The monoisotopic (exact) mass is 254 g/mol. The summed E-state index contributed by atoms with van der Waals surface area (Å²) in [5.74, 6) is 0.770. The zero-order chi connectivity index (χ0) is 13.8. The molecule has 1 heterocycles. The summed E-state index contributed by atoms with van der Waals surface area (Å²) in [6.45, 7) is 12.7. The van der Waals surface area contributed by atoms with Gasteiger partial charge in [0.2, 0.25) is 5.91 Å². The molecule has 1 saturated heterocycles. The number of rotatable bonds is 6. The van der Waals surface area contributed by atoms with Gasteiger partial charge in [-0.2, -0.15) is 0 Å². The van der Waals surface area contributed by atoms with Crippen LogP contribution in [0.2, 0.25) is 0 Å². The van der Waals surface area contributed by atoms with Crippen LogP contribution in [0.5, 0.6) is 0 Å². The summed E-state index contributed by atoms with van der Waals surface area (Å²) in [6, 6.07) is 0. The standard InChI is InChI=1S/C15H30N2O/c1-6-8-15(9-7-10-17-15)13(18)16-11-14(4,5)12(2)3/h12,17H,6-11H2,1-5H3,(H,16,18). The lowest BCUT2D eigenvalue weighted by molar-refractivity contribution is -0.128. The number of hydrogen-bond donors (Lipinski definition) is 2. The SMILES string of the molecule is CCCC1(C(=O)NCC(C)(C)C(C)C)CCCN1. The van der Waals surface area contributed by atoms with E-state index in [9.17, 15) is 4.79 Å². The molecule has 1 aliphatic rings. The fraction of sp³-hybridized carbons (Fsp3) is 0.933. The maximum absolute atomic E-state index is 12.5. The van der Waals surface area contributed by atoms with Gasteiger partial charge < -0.3 is 10.6 Å². The molecule has 2 N–H and O–H groups in total. The largest absolute Gasteiger partial charge is 0.354 e. The average molecular weight is 254 g/mol. The van der Waals surface area contributed by atoms with Crippen molar-refractivity contribution >= 4 is 5.91 Å². The first-order valence-electron chi connectivity index (χ1n) is 7.37. The first kappa shape index (κ1) is 15.5. The third-order valence-electron chi connectivity index (χ3n) is 4.62. The highest BCUT2D eigenvalue weighted by molar-refractivity contribution is 5.86. The second-order valence-electron chi connectivity index (χ2n) is 6.69. The first-order valence-corrected chi connectivity index (χ1v) is 7.37. The number of carbonyl (C=O) groups excluding carboxylic acids is 1. The highest BCUT2D eigenvalue weighted by Crippen LogP contribution is 2.27. The number of hydrogen-bond acceptors (Lipinski definition) is 2. The van der Waals surface area contributed by atoms with E-state index < -0.39 is 0 Å². The van der Waals surface area contributed by atoms with E-state index in [4.69, 9.17) is 0 Å². The molecule has 0 radical (unpaired) electrons. The predicted molar refractivity (Wildman–Crippen MR) is 76.5 cm³/mol. The topological polar surface area (TPSA) is 41.1 Å². The summed E-state index contributed by atoms with van der Waals surface area (Å²) in [5, 5.41) is 6.59. The van der Waals surface area contributed by atoms with E-state index in [1.165, 1.54) is 0 Å². The second kappa shape index (κ2) is 6.05. The van der Waals surface area contributed by atoms with Gasteiger partial charge in [-0.15, -0.1) is 0 Å². The first-order chi connectivity index (χ1) is 8.34. The van der Waals surface area contributed by atoms with E-state index in [0.717, 1.165) is 38.8 Å². The molecular weight excluding hydrogens is 224 g/mol. The minimum atomic E-state index is -0.290. The Labute approximate surface area is 112 Å². The van der Waals surface area contributed by atoms with Gasteiger partial charge in [0.15, 0.2) is 0 Å². The van der Waals surface area contributed by atoms with Crippen LogP contribution in [-0.2, 0) is 4.79 Å². The van der Waals surface area contributed by atoms with E-state index in [0.29, 0.717) is 5.92 Å². The minimum absolute atomic E-state index is 0.154. The van der Waals surface area contributed by atoms with Gasteiger partial charge in [-0.05, 0) is 37.1 Å². The molecule has 0 saturated carbocycles. The zero-order valence-corrected chi connectivity index (χ0v) is 12.7. The summed E-state index contributed by atoms with van der Waals surface area (Å²) in [6.07, 6.45) is 4.09. The van der Waals surface area contributed by atoms with Gasteiger partial charge in [0.05, 0.1) is 5.54 Å². The summed E-state index contributed by atoms with van der Waals surface area (Å²) in [5.41, 5.74) is -0.135. The molecule has 1 atom stereocenters. The van der Waals surface area contributed by atoms with Crippen molar-refractivity contribution in [3.05, 3.63) is 0 Å². The molecule has 0 aromatic carbocycles. The van der Waals surface area contributed by atoms with Crippen LogP contribution in [0.4, 0.5) is 0 Å². The van der Waals surface area contributed by atoms with Gasteiger partial charge in [0.1, 0.15) is 0 Å². The highest BCUT2D eigenvalue weighted by Gasteiger charge is 2.40. The number of amides is 1. The fourth-order valence-corrected chi connectivity index (χ4v) is 2.44. The van der Waals surface area contributed by atoms with Crippen LogP contribution in [0.3, 0.4) is 0 Å². The average Bonchev–Trinajstić information content (AvgIpc) is 2.76. The van der Waals surface area contributed by atoms with Crippen LogP contribution in [-0.4, -0.2) is 24.5 Å². The van der Waals surface area contributed by atoms with Crippen LogP contribution in [0.1, 0.15) is 60.3 Å². The van der Waals surface area contributed by atoms with E-state index >= 15 is 0 Å². The summed E-state index contributed by atoms with van der Waals surface area (Å²) >= 11 is 0. The van der Waals surface area contributed by atoms with Gasteiger partial charge in [-0.25, -0.2) is 0 Å². The van der Waals surface area contributed by atoms with E-state index in [1.807, 2.05) is 0 Å². The zero-order valence-electron chi connectivity index (χ0n) is 12.7. The molecule has 0 aromatic heterocycles. The quantitative estimate of drug-likeness (QED) is 0.765. The molecule has 1 fully saturated rings. The smallest absolute Gasteiger partial charge is 0.240 e. The lowest BCUT2D eigenvalue weighted by Crippen LogP contribution is -2.55. The highest BCUT2D eigenvalue weighted by atomic mass is 16.2. The lowest BCUT2D eigenvalue weighted by Gasteiger charge is -2.33. The third-order valence-corrected chi connectivity index (χ3v) is 4.62. The molecule has 18 heavy (non-hydrogen) atoms. The van der Waals surface area contributed by atoms with Crippen molar-refractivity contribution in [2.75, 3.05) is 13.1 Å².